The van der Waals surface area contributed by atoms with E-state index >= 15 is 0 Å². The Kier molecular flexibility index (Phi) is 4.19. The van der Waals surface area contributed by atoms with Crippen molar-refractivity contribution in [2.24, 2.45) is 0 Å². The highest BCUT2D eigenvalue weighted by Gasteiger charge is 2.34. The average Bonchev–Trinajstić information content (AvgIpc) is 2.62. The van der Waals surface area contributed by atoms with E-state index in [1.54, 1.807) is 72.8 Å². The second kappa shape index (κ2) is 6.32. The number of rotatable bonds is 4. The highest BCUT2D eigenvalue weighted by molar-refractivity contribution is 5.90. The molecule has 0 radical (unpaired) electrons. The molecule has 0 aliphatic rings. The molecule has 0 fully saturated rings. The minimum atomic E-state index is -1.00. The summed E-state index contributed by atoms with van der Waals surface area (Å²) in [5, 5.41) is 28.9. The third kappa shape index (κ3) is 2.94. The van der Waals surface area contributed by atoms with E-state index < -0.39 is 11.4 Å². The summed E-state index contributed by atoms with van der Waals surface area (Å²) in [6.45, 7) is 1.94. The lowest BCUT2D eigenvalue weighted by atomic mass is 9.69. The van der Waals surface area contributed by atoms with Crippen molar-refractivity contribution < 1.29 is 20.1 Å². The molecule has 3 N–H and O–H groups in total. The van der Waals surface area contributed by atoms with Crippen LogP contribution in [-0.4, -0.2) is 21.3 Å². The number of carboxylic acid groups (broad SMARTS) is 1. The minimum absolute atomic E-state index is 0.142. The molecule has 25 heavy (non-hydrogen) atoms. The number of phenols is 2. The zero-order chi connectivity index (χ0) is 18.0. The first-order valence-electron chi connectivity index (χ1n) is 7.85. The largest absolute Gasteiger partial charge is 0.508 e. The summed E-state index contributed by atoms with van der Waals surface area (Å²) in [7, 11) is 0. The van der Waals surface area contributed by atoms with E-state index in [4.69, 9.17) is 0 Å². The summed E-state index contributed by atoms with van der Waals surface area (Å²) in [5.41, 5.74) is 1.76. The third-order valence-electron chi connectivity index (χ3n) is 4.59. The first-order valence-corrected chi connectivity index (χ1v) is 7.85. The monoisotopic (exact) mass is 334 g/mol. The Hall–Kier alpha value is -3.27. The van der Waals surface area contributed by atoms with Gasteiger partial charge in [-0.3, -0.25) is 0 Å². The van der Waals surface area contributed by atoms with Crippen LogP contribution < -0.4 is 0 Å². The zero-order valence-corrected chi connectivity index (χ0v) is 13.7. The molecule has 0 saturated heterocycles. The molecule has 0 aliphatic heterocycles. The van der Waals surface area contributed by atoms with Gasteiger partial charge in [-0.15, -0.1) is 0 Å². The Bertz CT molecular complexity index is 850. The Labute approximate surface area is 145 Å². The lowest BCUT2D eigenvalue weighted by Crippen LogP contribution is -2.27. The fourth-order valence-corrected chi connectivity index (χ4v) is 3.17. The molecule has 0 heterocycles. The van der Waals surface area contributed by atoms with Gasteiger partial charge in [0.2, 0.25) is 0 Å². The second-order valence-electron chi connectivity index (χ2n) is 6.07. The van der Waals surface area contributed by atoms with Crippen molar-refractivity contribution >= 4 is 5.97 Å². The van der Waals surface area contributed by atoms with Crippen LogP contribution in [0.4, 0.5) is 0 Å². The molecule has 4 heteroatoms. The Morgan fingerprint density at radius 1 is 0.760 bits per heavy atom. The van der Waals surface area contributed by atoms with E-state index in [0.717, 1.165) is 11.1 Å². The van der Waals surface area contributed by atoms with Gasteiger partial charge in [0.15, 0.2) is 0 Å². The number of hydrogen-bond donors (Lipinski definition) is 3. The quantitative estimate of drug-likeness (QED) is 0.626. The topological polar surface area (TPSA) is 77.8 Å². The van der Waals surface area contributed by atoms with Gasteiger partial charge in [-0.25, -0.2) is 4.79 Å². The summed E-state index contributed by atoms with van der Waals surface area (Å²) in [4.78, 5) is 11.8. The average molecular weight is 334 g/mol. The van der Waals surface area contributed by atoms with Crippen LogP contribution >= 0.6 is 0 Å². The molecule has 0 bridgehead atoms. The van der Waals surface area contributed by atoms with E-state index in [1.165, 1.54) is 0 Å². The Balaban J connectivity index is 2.32. The van der Waals surface area contributed by atoms with Crippen LogP contribution in [0.25, 0.3) is 0 Å². The summed E-state index contributed by atoms with van der Waals surface area (Å²) >= 11 is 0. The summed E-state index contributed by atoms with van der Waals surface area (Å²) in [6.07, 6.45) is 0. The second-order valence-corrected chi connectivity index (χ2v) is 6.07. The molecule has 0 aromatic heterocycles. The molecule has 126 valence electrons. The normalized spacial score (nSPS) is 11.2. The van der Waals surface area contributed by atoms with Crippen molar-refractivity contribution in [2.75, 3.05) is 0 Å². The van der Waals surface area contributed by atoms with Crippen LogP contribution in [0.3, 0.4) is 0 Å². The SMILES string of the molecule is CC(c1ccc(O)cc1)(c1ccc(O)cc1)c1ccccc1C(=O)O. The van der Waals surface area contributed by atoms with Gasteiger partial charge < -0.3 is 15.3 Å². The van der Waals surface area contributed by atoms with Crippen LogP contribution in [-0.2, 0) is 5.41 Å². The molecule has 0 spiro atoms. The molecule has 0 atom stereocenters. The van der Waals surface area contributed by atoms with Crippen LogP contribution in [0.5, 0.6) is 11.5 Å². The van der Waals surface area contributed by atoms with Crippen molar-refractivity contribution in [1.29, 1.82) is 0 Å². The molecular weight excluding hydrogens is 316 g/mol. The molecule has 0 saturated carbocycles. The zero-order valence-electron chi connectivity index (χ0n) is 13.7. The van der Waals surface area contributed by atoms with E-state index in [9.17, 15) is 20.1 Å². The van der Waals surface area contributed by atoms with E-state index in [0.29, 0.717) is 5.56 Å². The van der Waals surface area contributed by atoms with E-state index in [1.807, 2.05) is 6.92 Å². The maximum Gasteiger partial charge on any atom is 0.336 e. The minimum Gasteiger partial charge on any atom is -0.508 e. The van der Waals surface area contributed by atoms with Crippen molar-refractivity contribution in [3.63, 3.8) is 0 Å². The predicted molar refractivity (Wildman–Crippen MR) is 95.2 cm³/mol. The molecule has 3 rings (SSSR count). The number of phenolic OH excluding ortho intramolecular Hbond substituents is 2. The van der Waals surface area contributed by atoms with Crippen molar-refractivity contribution in [1.82, 2.24) is 0 Å². The number of hydrogen-bond acceptors (Lipinski definition) is 3. The lowest BCUT2D eigenvalue weighted by molar-refractivity contribution is 0.0694. The molecule has 0 aliphatic carbocycles. The van der Waals surface area contributed by atoms with Gasteiger partial charge >= 0.3 is 5.97 Å². The number of aromatic hydroxyl groups is 2. The first kappa shape index (κ1) is 16.6. The number of aromatic carboxylic acids is 1. The highest BCUT2D eigenvalue weighted by atomic mass is 16.4. The molecule has 0 amide bonds. The Morgan fingerprint density at radius 3 is 1.64 bits per heavy atom. The van der Waals surface area contributed by atoms with Crippen molar-refractivity contribution in [2.45, 2.75) is 12.3 Å². The van der Waals surface area contributed by atoms with E-state index in [-0.39, 0.29) is 17.1 Å². The van der Waals surface area contributed by atoms with Crippen molar-refractivity contribution in [3.8, 4) is 11.5 Å². The van der Waals surface area contributed by atoms with Gasteiger partial charge in [-0.2, -0.15) is 0 Å². The van der Waals surface area contributed by atoms with Crippen LogP contribution in [0.2, 0.25) is 0 Å². The first-order chi connectivity index (χ1) is 11.9. The highest BCUT2D eigenvalue weighted by Crippen LogP contribution is 2.41. The number of carbonyl (C=O) groups is 1. The standard InChI is InChI=1S/C21H18O4/c1-21(14-6-10-16(22)11-7-14,15-8-12-17(23)13-9-15)19-5-3-2-4-18(19)20(24)25/h2-13,22-23H,1H3,(H,24,25). The molecule has 3 aromatic rings. The van der Waals surface area contributed by atoms with Gasteiger partial charge in [0.1, 0.15) is 11.5 Å². The predicted octanol–water partition coefficient (Wildman–Crippen LogP) is 4.15. The lowest BCUT2D eigenvalue weighted by Gasteiger charge is -2.33. The van der Waals surface area contributed by atoms with Gasteiger partial charge in [-0.05, 0) is 53.9 Å². The summed E-state index contributed by atoms with van der Waals surface area (Å²) < 4.78 is 0. The van der Waals surface area contributed by atoms with Gasteiger partial charge in [0, 0.05) is 5.41 Å². The summed E-state index contributed by atoms with van der Waals surface area (Å²) in [5.74, 6) is -0.717. The number of benzene rings is 3. The van der Waals surface area contributed by atoms with Gasteiger partial charge in [0.05, 0.1) is 5.56 Å². The van der Waals surface area contributed by atoms with Crippen molar-refractivity contribution in [3.05, 3.63) is 95.1 Å². The smallest absolute Gasteiger partial charge is 0.336 e. The van der Waals surface area contributed by atoms with Gasteiger partial charge in [-0.1, -0.05) is 42.5 Å². The van der Waals surface area contributed by atoms with Crippen LogP contribution in [0, 0.1) is 0 Å². The maximum atomic E-state index is 11.8. The number of carboxylic acids is 1. The molecule has 3 aromatic carbocycles. The van der Waals surface area contributed by atoms with Crippen LogP contribution in [0.1, 0.15) is 34.0 Å². The fourth-order valence-electron chi connectivity index (χ4n) is 3.17. The fraction of sp³-hybridized carbons (Fsp3) is 0.0952. The molecule has 4 nitrogen and oxygen atoms in total. The molecule has 0 unspecified atom stereocenters. The van der Waals surface area contributed by atoms with E-state index in [2.05, 4.69) is 0 Å². The maximum absolute atomic E-state index is 11.8. The molecular formula is C21H18O4. The third-order valence-corrected chi connectivity index (χ3v) is 4.59. The summed E-state index contributed by atoms with van der Waals surface area (Å²) in [6, 6.07) is 20.3. The van der Waals surface area contributed by atoms with Crippen LogP contribution in [0.15, 0.2) is 72.8 Å². The Morgan fingerprint density at radius 2 is 1.20 bits per heavy atom. The van der Waals surface area contributed by atoms with Gasteiger partial charge in [0.25, 0.3) is 0 Å².